The number of carbonyl (C=O) groups excluding carboxylic acids is 2. The van der Waals surface area contributed by atoms with Crippen molar-refractivity contribution in [1.82, 2.24) is 4.90 Å². The van der Waals surface area contributed by atoms with Crippen molar-refractivity contribution in [3.05, 3.63) is 47.4 Å². The molecule has 1 aromatic rings. The van der Waals surface area contributed by atoms with E-state index in [1.165, 1.54) is 0 Å². The van der Waals surface area contributed by atoms with Crippen LogP contribution in [0.3, 0.4) is 0 Å². The first-order chi connectivity index (χ1) is 11.8. The van der Waals surface area contributed by atoms with Gasteiger partial charge >= 0.3 is 0 Å². The van der Waals surface area contributed by atoms with Gasteiger partial charge in [0.25, 0.3) is 5.91 Å². The van der Waals surface area contributed by atoms with Gasteiger partial charge in [0, 0.05) is 0 Å². The number of amides is 1. The number of carbonyl (C=O) groups is 2. The van der Waals surface area contributed by atoms with Gasteiger partial charge < -0.3 is 14.6 Å². The molecule has 1 aliphatic heterocycles. The lowest BCUT2D eigenvalue weighted by Crippen LogP contribution is -2.52. The predicted molar refractivity (Wildman–Crippen MR) is 101 cm³/mol. The highest BCUT2D eigenvalue weighted by Crippen LogP contribution is 2.35. The SMILES string of the molecule is C=CCOc1ccc(/C=C2\SC(=S)N([C@H](C(=O)[O-])C(C)C)C2=O)cc1. The maximum Gasteiger partial charge on any atom is 0.266 e. The van der Waals surface area contributed by atoms with E-state index in [1.54, 1.807) is 38.1 Å². The van der Waals surface area contributed by atoms with Crippen molar-refractivity contribution in [3.8, 4) is 5.75 Å². The van der Waals surface area contributed by atoms with Gasteiger partial charge in [0.2, 0.25) is 0 Å². The normalized spacial score (nSPS) is 17.2. The fourth-order valence-corrected chi connectivity index (χ4v) is 3.69. The molecular formula is C18H18NO4S2-. The minimum absolute atomic E-state index is 0.227. The van der Waals surface area contributed by atoms with Crippen molar-refractivity contribution in [2.24, 2.45) is 5.92 Å². The second-order valence-corrected chi connectivity index (χ2v) is 7.40. The fourth-order valence-electron chi connectivity index (χ4n) is 2.36. The molecule has 25 heavy (non-hydrogen) atoms. The Morgan fingerprint density at radius 2 is 2.04 bits per heavy atom. The number of rotatable bonds is 7. The molecule has 132 valence electrons. The molecule has 0 aromatic heterocycles. The first kappa shape index (κ1) is 19.2. The zero-order valence-electron chi connectivity index (χ0n) is 13.9. The van der Waals surface area contributed by atoms with E-state index in [2.05, 4.69) is 6.58 Å². The van der Waals surface area contributed by atoms with Crippen LogP contribution in [0.4, 0.5) is 0 Å². The van der Waals surface area contributed by atoms with Crippen LogP contribution in [0.25, 0.3) is 6.08 Å². The predicted octanol–water partition coefficient (Wildman–Crippen LogP) is 2.23. The quantitative estimate of drug-likeness (QED) is 0.413. The van der Waals surface area contributed by atoms with E-state index < -0.39 is 17.9 Å². The fraction of sp³-hybridized carbons (Fsp3) is 0.278. The summed E-state index contributed by atoms with van der Waals surface area (Å²) in [5.41, 5.74) is 0.793. The summed E-state index contributed by atoms with van der Waals surface area (Å²) < 4.78 is 5.63. The Morgan fingerprint density at radius 1 is 1.40 bits per heavy atom. The molecule has 0 aliphatic carbocycles. The molecule has 1 fully saturated rings. The maximum absolute atomic E-state index is 12.6. The zero-order valence-corrected chi connectivity index (χ0v) is 15.6. The van der Waals surface area contributed by atoms with Crippen molar-refractivity contribution in [1.29, 1.82) is 0 Å². The average Bonchev–Trinajstić information content (AvgIpc) is 2.81. The topological polar surface area (TPSA) is 69.7 Å². The van der Waals surface area contributed by atoms with E-state index in [9.17, 15) is 14.7 Å². The van der Waals surface area contributed by atoms with Crippen molar-refractivity contribution in [2.75, 3.05) is 6.61 Å². The van der Waals surface area contributed by atoms with E-state index in [4.69, 9.17) is 17.0 Å². The van der Waals surface area contributed by atoms with Crippen LogP contribution >= 0.6 is 24.0 Å². The first-order valence-electron chi connectivity index (χ1n) is 7.66. The monoisotopic (exact) mass is 376 g/mol. The minimum Gasteiger partial charge on any atom is -0.548 e. The van der Waals surface area contributed by atoms with E-state index >= 15 is 0 Å². The zero-order chi connectivity index (χ0) is 18.6. The largest absolute Gasteiger partial charge is 0.548 e. The Bertz CT molecular complexity index is 725. The molecule has 0 saturated carbocycles. The Kier molecular flexibility index (Phi) is 6.39. The van der Waals surface area contributed by atoms with Gasteiger partial charge in [-0.3, -0.25) is 9.69 Å². The highest BCUT2D eigenvalue weighted by molar-refractivity contribution is 8.26. The van der Waals surface area contributed by atoms with E-state index in [-0.39, 0.29) is 10.2 Å². The van der Waals surface area contributed by atoms with Crippen LogP contribution in [0.15, 0.2) is 41.8 Å². The highest BCUT2D eigenvalue weighted by Gasteiger charge is 2.38. The summed E-state index contributed by atoms with van der Waals surface area (Å²) in [6.07, 6.45) is 3.34. The summed E-state index contributed by atoms with van der Waals surface area (Å²) in [5, 5.41) is 11.4. The van der Waals surface area contributed by atoms with Crippen LogP contribution in [0.1, 0.15) is 19.4 Å². The Hall–Kier alpha value is -2.12. The number of aliphatic carboxylic acids is 1. The molecule has 5 nitrogen and oxygen atoms in total. The molecule has 0 spiro atoms. The minimum atomic E-state index is -1.31. The molecule has 1 saturated heterocycles. The van der Waals surface area contributed by atoms with Crippen molar-refractivity contribution in [2.45, 2.75) is 19.9 Å². The van der Waals surface area contributed by atoms with Gasteiger partial charge in [0.15, 0.2) is 0 Å². The molecule has 2 rings (SSSR count). The molecule has 1 aromatic carbocycles. The van der Waals surface area contributed by atoms with Crippen molar-refractivity contribution < 1.29 is 19.4 Å². The van der Waals surface area contributed by atoms with Crippen LogP contribution in [0.2, 0.25) is 0 Å². The van der Waals surface area contributed by atoms with Gasteiger partial charge in [-0.25, -0.2) is 0 Å². The lowest BCUT2D eigenvalue weighted by Gasteiger charge is -2.30. The molecule has 7 heteroatoms. The Labute approximate surface area is 156 Å². The number of ether oxygens (including phenoxy) is 1. The molecule has 0 radical (unpaired) electrons. The van der Waals surface area contributed by atoms with E-state index in [0.29, 0.717) is 17.3 Å². The smallest absolute Gasteiger partial charge is 0.266 e. The van der Waals surface area contributed by atoms with Crippen molar-refractivity contribution in [3.63, 3.8) is 0 Å². The van der Waals surface area contributed by atoms with Gasteiger partial charge in [-0.05, 0) is 29.7 Å². The Morgan fingerprint density at radius 3 is 2.56 bits per heavy atom. The lowest BCUT2D eigenvalue weighted by atomic mass is 10.0. The van der Waals surface area contributed by atoms with Gasteiger partial charge in [-0.2, -0.15) is 0 Å². The summed E-state index contributed by atoms with van der Waals surface area (Å²) in [7, 11) is 0. The average molecular weight is 376 g/mol. The first-order valence-corrected chi connectivity index (χ1v) is 8.89. The number of benzene rings is 1. The molecule has 1 atom stereocenters. The maximum atomic E-state index is 12.6. The van der Waals surface area contributed by atoms with Crippen LogP contribution in [0, 0.1) is 5.92 Å². The number of carboxylic acids is 1. The van der Waals surface area contributed by atoms with Crippen LogP contribution in [0.5, 0.6) is 5.75 Å². The Balaban J connectivity index is 2.22. The van der Waals surface area contributed by atoms with Gasteiger partial charge in [0.1, 0.15) is 16.7 Å². The second kappa shape index (κ2) is 8.31. The van der Waals surface area contributed by atoms with Gasteiger partial charge in [0.05, 0.1) is 16.9 Å². The third-order valence-corrected chi connectivity index (χ3v) is 4.85. The molecule has 1 aliphatic rings. The third-order valence-electron chi connectivity index (χ3n) is 3.52. The standard InChI is InChI=1S/C18H19NO4S2/c1-4-9-23-13-7-5-12(6-8-13)10-14-16(20)19(18(24)25-14)15(11(2)3)17(21)22/h4-8,10-11,15H,1,9H2,2-3H3,(H,21,22)/p-1/b14-10-/t15-/m0/s1. The molecule has 1 amide bonds. The molecule has 0 unspecified atom stereocenters. The number of thioether (sulfide) groups is 1. The molecule has 0 N–H and O–H groups in total. The molecule has 0 bridgehead atoms. The highest BCUT2D eigenvalue weighted by atomic mass is 32.2. The summed E-state index contributed by atoms with van der Waals surface area (Å²) in [6.45, 7) is 7.43. The second-order valence-electron chi connectivity index (χ2n) is 5.73. The lowest BCUT2D eigenvalue weighted by molar-refractivity contribution is -0.311. The number of thiocarbonyl (C=S) groups is 1. The summed E-state index contributed by atoms with van der Waals surface area (Å²) >= 11 is 6.29. The van der Waals surface area contributed by atoms with Crippen LogP contribution in [-0.4, -0.2) is 33.7 Å². The number of nitrogens with zero attached hydrogens (tertiary/aromatic N) is 1. The van der Waals surface area contributed by atoms with E-state index in [0.717, 1.165) is 22.2 Å². The summed E-state index contributed by atoms with van der Waals surface area (Å²) in [4.78, 5) is 25.5. The van der Waals surface area contributed by atoms with Gasteiger partial charge in [-0.15, -0.1) is 0 Å². The molecular weight excluding hydrogens is 358 g/mol. The number of hydrogen-bond donors (Lipinski definition) is 0. The van der Waals surface area contributed by atoms with E-state index in [1.807, 2.05) is 12.1 Å². The summed E-state index contributed by atoms with van der Waals surface area (Å²) in [6, 6.07) is 6.11. The van der Waals surface area contributed by atoms with Crippen LogP contribution < -0.4 is 9.84 Å². The third kappa shape index (κ3) is 4.49. The van der Waals surface area contributed by atoms with Gasteiger partial charge in [-0.1, -0.05) is 62.6 Å². The number of hydrogen-bond acceptors (Lipinski definition) is 6. The molecule has 1 heterocycles. The number of carboxylic acid groups (broad SMARTS) is 1. The van der Waals surface area contributed by atoms with Crippen molar-refractivity contribution >= 4 is 46.3 Å². The summed E-state index contributed by atoms with van der Waals surface area (Å²) in [5.74, 6) is -1.34. The van der Waals surface area contributed by atoms with Crippen LogP contribution in [-0.2, 0) is 9.59 Å².